The Bertz CT molecular complexity index is 724. The highest BCUT2D eigenvalue weighted by molar-refractivity contribution is 6.05. The molecule has 0 aromatic heterocycles. The molecule has 0 aliphatic carbocycles. The van der Waals surface area contributed by atoms with E-state index < -0.39 is 0 Å². The summed E-state index contributed by atoms with van der Waals surface area (Å²) in [4.78, 5) is 17.1. The summed E-state index contributed by atoms with van der Waals surface area (Å²) in [6.45, 7) is 8.35. The molecule has 4 heteroatoms. The van der Waals surface area contributed by atoms with Crippen LogP contribution >= 0.6 is 0 Å². The number of benzene rings is 2. The lowest BCUT2D eigenvalue weighted by Gasteiger charge is -2.19. The molecule has 0 heterocycles. The predicted molar refractivity (Wildman–Crippen MR) is 98.8 cm³/mol. The van der Waals surface area contributed by atoms with Crippen LogP contribution in [0.2, 0.25) is 0 Å². The Morgan fingerprint density at radius 2 is 1.50 bits per heavy atom. The average molecular weight is 324 g/mol. The van der Waals surface area contributed by atoms with E-state index in [2.05, 4.69) is 31.2 Å². The van der Waals surface area contributed by atoms with Crippen molar-refractivity contribution >= 4 is 17.3 Å². The molecule has 2 rings (SSSR count). The van der Waals surface area contributed by atoms with Crippen LogP contribution < -0.4 is 5.32 Å². The van der Waals surface area contributed by atoms with Gasteiger partial charge in [0.2, 0.25) is 0 Å². The third-order valence-corrected chi connectivity index (χ3v) is 3.80. The van der Waals surface area contributed by atoms with Gasteiger partial charge in [-0.2, -0.15) is 0 Å². The number of hydrogen-bond donors (Lipinski definition) is 1. The highest BCUT2D eigenvalue weighted by Crippen LogP contribution is 2.23. The van der Waals surface area contributed by atoms with Crippen LogP contribution in [0.3, 0.4) is 0 Å². The van der Waals surface area contributed by atoms with E-state index in [-0.39, 0.29) is 11.3 Å². The minimum Gasteiger partial charge on any atom is -0.399 e. The van der Waals surface area contributed by atoms with Crippen LogP contribution in [-0.4, -0.2) is 18.7 Å². The molecule has 24 heavy (non-hydrogen) atoms. The Kier molecular flexibility index (Phi) is 5.39. The van der Waals surface area contributed by atoms with Crippen molar-refractivity contribution in [1.29, 1.82) is 0 Å². The van der Waals surface area contributed by atoms with E-state index in [1.54, 1.807) is 12.1 Å². The monoisotopic (exact) mass is 324 g/mol. The maximum atomic E-state index is 12.3. The molecule has 0 saturated heterocycles. The van der Waals surface area contributed by atoms with Crippen LogP contribution in [0.5, 0.6) is 0 Å². The van der Waals surface area contributed by atoms with E-state index in [0.717, 1.165) is 17.0 Å². The lowest BCUT2D eigenvalue weighted by atomic mass is 9.87. The van der Waals surface area contributed by atoms with Gasteiger partial charge < -0.3 is 10.2 Å². The van der Waals surface area contributed by atoms with E-state index in [4.69, 9.17) is 4.84 Å². The Morgan fingerprint density at radius 3 is 2.00 bits per heavy atom. The SMILES string of the molecule is CON=C(C)c1ccc(C(=O)Nc2ccc(C(C)(C)C)cc2)cc1. The smallest absolute Gasteiger partial charge is 0.255 e. The van der Waals surface area contributed by atoms with Gasteiger partial charge >= 0.3 is 0 Å². The topological polar surface area (TPSA) is 50.7 Å². The van der Waals surface area contributed by atoms with Crippen molar-refractivity contribution in [1.82, 2.24) is 0 Å². The van der Waals surface area contributed by atoms with Gasteiger partial charge in [-0.25, -0.2) is 0 Å². The zero-order valence-electron chi connectivity index (χ0n) is 14.9. The molecule has 0 radical (unpaired) electrons. The Morgan fingerprint density at radius 1 is 0.958 bits per heavy atom. The Hall–Kier alpha value is -2.62. The molecule has 2 aromatic carbocycles. The summed E-state index contributed by atoms with van der Waals surface area (Å²) in [5.41, 5.74) is 4.40. The van der Waals surface area contributed by atoms with E-state index >= 15 is 0 Å². The zero-order chi connectivity index (χ0) is 17.7. The molecule has 126 valence electrons. The van der Waals surface area contributed by atoms with Crippen LogP contribution in [-0.2, 0) is 10.3 Å². The van der Waals surface area contributed by atoms with Crippen molar-refractivity contribution in [2.75, 3.05) is 12.4 Å². The van der Waals surface area contributed by atoms with Gasteiger partial charge in [0.1, 0.15) is 7.11 Å². The first kappa shape index (κ1) is 17.7. The third kappa shape index (κ3) is 4.44. The number of nitrogens with one attached hydrogen (secondary N) is 1. The van der Waals surface area contributed by atoms with Gasteiger partial charge in [-0.1, -0.05) is 50.2 Å². The van der Waals surface area contributed by atoms with Crippen LogP contribution in [0.4, 0.5) is 5.69 Å². The summed E-state index contributed by atoms with van der Waals surface area (Å²) in [6.07, 6.45) is 0. The molecule has 0 atom stereocenters. The maximum Gasteiger partial charge on any atom is 0.255 e. The van der Waals surface area contributed by atoms with Gasteiger partial charge in [-0.05, 0) is 47.7 Å². The predicted octanol–water partition coefficient (Wildman–Crippen LogP) is 4.61. The Balaban J connectivity index is 2.08. The van der Waals surface area contributed by atoms with Gasteiger partial charge in [-0.15, -0.1) is 0 Å². The molecule has 2 aromatic rings. The van der Waals surface area contributed by atoms with E-state index in [9.17, 15) is 4.79 Å². The standard InChI is InChI=1S/C20H24N2O2/c1-14(22-24-5)15-6-8-16(9-7-15)19(23)21-18-12-10-17(11-13-18)20(2,3)4/h6-13H,1-5H3,(H,21,23). The normalized spacial score (nSPS) is 12.0. The summed E-state index contributed by atoms with van der Waals surface area (Å²) in [5.74, 6) is -0.133. The van der Waals surface area contributed by atoms with Gasteiger partial charge in [-0.3, -0.25) is 4.79 Å². The first-order valence-electron chi connectivity index (χ1n) is 7.91. The molecule has 0 unspecified atom stereocenters. The number of rotatable bonds is 4. The first-order valence-corrected chi connectivity index (χ1v) is 7.91. The molecule has 0 bridgehead atoms. The van der Waals surface area contributed by atoms with Crippen LogP contribution in [0, 0.1) is 0 Å². The summed E-state index contributed by atoms with van der Waals surface area (Å²) < 4.78 is 0. The average Bonchev–Trinajstić information content (AvgIpc) is 2.55. The molecular formula is C20H24N2O2. The number of amides is 1. The lowest BCUT2D eigenvalue weighted by Crippen LogP contribution is -2.13. The number of anilines is 1. The van der Waals surface area contributed by atoms with E-state index in [1.807, 2.05) is 43.3 Å². The second-order valence-corrected chi connectivity index (χ2v) is 6.72. The van der Waals surface area contributed by atoms with Crippen molar-refractivity contribution in [2.45, 2.75) is 33.1 Å². The van der Waals surface area contributed by atoms with Crippen molar-refractivity contribution in [3.63, 3.8) is 0 Å². The second kappa shape index (κ2) is 7.30. The van der Waals surface area contributed by atoms with Crippen molar-refractivity contribution < 1.29 is 9.63 Å². The van der Waals surface area contributed by atoms with Crippen LogP contribution in [0.15, 0.2) is 53.7 Å². The quantitative estimate of drug-likeness (QED) is 0.659. The largest absolute Gasteiger partial charge is 0.399 e. The summed E-state index contributed by atoms with van der Waals surface area (Å²) in [6, 6.07) is 15.2. The third-order valence-electron chi connectivity index (χ3n) is 3.80. The molecule has 0 saturated carbocycles. The minimum absolute atomic E-state index is 0.0972. The summed E-state index contributed by atoms with van der Waals surface area (Å²) in [5, 5.41) is 6.80. The highest BCUT2D eigenvalue weighted by atomic mass is 16.6. The van der Waals surface area contributed by atoms with E-state index in [1.165, 1.54) is 12.7 Å². The first-order chi connectivity index (χ1) is 11.3. The highest BCUT2D eigenvalue weighted by Gasteiger charge is 2.13. The van der Waals surface area contributed by atoms with Crippen molar-refractivity contribution in [2.24, 2.45) is 5.16 Å². The van der Waals surface area contributed by atoms with Gasteiger partial charge in [0.15, 0.2) is 0 Å². The number of carbonyl (C=O) groups excluding carboxylic acids is 1. The molecule has 1 N–H and O–H groups in total. The number of hydrogen-bond acceptors (Lipinski definition) is 3. The van der Waals surface area contributed by atoms with Gasteiger partial charge in [0, 0.05) is 11.3 Å². The Labute approximate surface area is 143 Å². The fourth-order valence-corrected chi connectivity index (χ4v) is 2.31. The fraction of sp³-hybridized carbons (Fsp3) is 0.300. The second-order valence-electron chi connectivity index (χ2n) is 6.72. The van der Waals surface area contributed by atoms with Crippen molar-refractivity contribution in [3.05, 3.63) is 65.2 Å². The minimum atomic E-state index is -0.133. The molecule has 0 spiro atoms. The summed E-state index contributed by atoms with van der Waals surface area (Å²) >= 11 is 0. The van der Waals surface area contributed by atoms with Crippen molar-refractivity contribution in [3.8, 4) is 0 Å². The molecule has 0 fully saturated rings. The maximum absolute atomic E-state index is 12.3. The number of carbonyl (C=O) groups is 1. The summed E-state index contributed by atoms with van der Waals surface area (Å²) in [7, 11) is 1.51. The van der Waals surface area contributed by atoms with E-state index in [0.29, 0.717) is 5.56 Å². The van der Waals surface area contributed by atoms with Gasteiger partial charge in [0.25, 0.3) is 5.91 Å². The number of nitrogens with zero attached hydrogens (tertiary/aromatic N) is 1. The molecular weight excluding hydrogens is 300 g/mol. The molecule has 0 aliphatic heterocycles. The van der Waals surface area contributed by atoms with Crippen LogP contribution in [0.1, 0.15) is 49.2 Å². The van der Waals surface area contributed by atoms with Gasteiger partial charge in [0.05, 0.1) is 5.71 Å². The van der Waals surface area contributed by atoms with Crippen LogP contribution in [0.25, 0.3) is 0 Å². The fourth-order valence-electron chi connectivity index (χ4n) is 2.31. The lowest BCUT2D eigenvalue weighted by molar-refractivity contribution is 0.102. The number of oxime groups is 1. The molecule has 4 nitrogen and oxygen atoms in total. The zero-order valence-corrected chi connectivity index (χ0v) is 14.9. The molecule has 1 amide bonds. The molecule has 0 aliphatic rings.